The number of amides is 2. The molecule has 0 bridgehead atoms. The van der Waals surface area contributed by atoms with E-state index in [0.717, 1.165) is 25.7 Å². The third-order valence-electron chi connectivity index (χ3n) is 4.97. The Hall–Kier alpha value is -2.28. The molecule has 1 aromatic carbocycles. The molecule has 7 nitrogen and oxygen atoms in total. The smallest absolute Gasteiger partial charge is 0.252 e. The number of benzene rings is 1. The maximum absolute atomic E-state index is 12.7. The average molecular weight is 377 g/mol. The minimum Gasteiger partial charge on any atom is -0.497 e. The second kappa shape index (κ2) is 9.60. The van der Waals surface area contributed by atoms with Crippen molar-refractivity contribution in [1.82, 2.24) is 10.6 Å². The first kappa shape index (κ1) is 21.0. The maximum Gasteiger partial charge on any atom is 0.252 e. The summed E-state index contributed by atoms with van der Waals surface area (Å²) in [6.45, 7) is 3.82. The Balaban J connectivity index is 2.06. The number of hydrogen-bond acceptors (Lipinski definition) is 5. The van der Waals surface area contributed by atoms with Crippen molar-refractivity contribution in [2.24, 2.45) is 11.7 Å². The lowest BCUT2D eigenvalue weighted by atomic mass is 9.91. The van der Waals surface area contributed by atoms with Gasteiger partial charge in [-0.1, -0.05) is 13.8 Å². The molecule has 0 aliphatic heterocycles. The molecule has 0 heterocycles. The van der Waals surface area contributed by atoms with Crippen molar-refractivity contribution in [3.63, 3.8) is 0 Å². The number of nitrogens with one attached hydrogen (secondary N) is 2. The van der Waals surface area contributed by atoms with Crippen molar-refractivity contribution in [2.75, 3.05) is 14.2 Å². The molecule has 2 rings (SSSR count). The highest BCUT2D eigenvalue weighted by Crippen LogP contribution is 2.23. The summed E-state index contributed by atoms with van der Waals surface area (Å²) < 4.78 is 10.4. The van der Waals surface area contributed by atoms with Gasteiger partial charge in [0.25, 0.3) is 5.91 Å². The van der Waals surface area contributed by atoms with Gasteiger partial charge < -0.3 is 25.8 Å². The average Bonchev–Trinajstić information content (AvgIpc) is 2.66. The van der Waals surface area contributed by atoms with E-state index in [2.05, 4.69) is 10.6 Å². The molecule has 1 aliphatic rings. The van der Waals surface area contributed by atoms with E-state index in [0.29, 0.717) is 17.1 Å². The predicted octanol–water partition coefficient (Wildman–Crippen LogP) is 1.84. The zero-order chi connectivity index (χ0) is 20.0. The number of carbonyl (C=O) groups is 2. The molecule has 7 heteroatoms. The van der Waals surface area contributed by atoms with Crippen LogP contribution in [0.5, 0.6) is 11.5 Å². The minimum atomic E-state index is -0.620. The Bertz CT molecular complexity index is 632. The van der Waals surface area contributed by atoms with Gasteiger partial charge >= 0.3 is 0 Å². The van der Waals surface area contributed by atoms with Crippen LogP contribution in [0.2, 0.25) is 0 Å². The first-order valence-corrected chi connectivity index (χ1v) is 9.44. The summed E-state index contributed by atoms with van der Waals surface area (Å²) in [6.07, 6.45) is 3.57. The molecule has 27 heavy (non-hydrogen) atoms. The van der Waals surface area contributed by atoms with Gasteiger partial charge in [-0.05, 0) is 43.7 Å². The second-order valence-corrected chi connectivity index (χ2v) is 7.42. The Morgan fingerprint density at radius 2 is 1.59 bits per heavy atom. The number of hydrogen-bond donors (Lipinski definition) is 3. The zero-order valence-corrected chi connectivity index (χ0v) is 16.6. The highest BCUT2D eigenvalue weighted by atomic mass is 16.5. The lowest BCUT2D eigenvalue weighted by molar-refractivity contribution is -0.124. The standard InChI is InChI=1S/C20H31N3O4/c1-12(2)18(20(25)22-15-7-5-14(21)6-8-15)23-19(24)13-9-16(26-3)11-17(10-13)27-4/h9-12,14-15,18H,5-8,21H2,1-4H3,(H,22,25)(H,23,24). The largest absolute Gasteiger partial charge is 0.497 e. The first-order chi connectivity index (χ1) is 12.8. The van der Waals surface area contributed by atoms with Gasteiger partial charge in [0.05, 0.1) is 14.2 Å². The Labute approximate surface area is 161 Å². The fourth-order valence-electron chi connectivity index (χ4n) is 3.25. The molecule has 0 spiro atoms. The lowest BCUT2D eigenvalue weighted by Crippen LogP contribution is -2.53. The van der Waals surface area contributed by atoms with Crippen molar-refractivity contribution in [3.05, 3.63) is 23.8 Å². The molecule has 150 valence electrons. The summed E-state index contributed by atoms with van der Waals surface area (Å²) in [5.41, 5.74) is 6.31. The van der Waals surface area contributed by atoms with Crippen LogP contribution in [0.25, 0.3) is 0 Å². The van der Waals surface area contributed by atoms with Crippen molar-refractivity contribution >= 4 is 11.8 Å². The summed E-state index contributed by atoms with van der Waals surface area (Å²) in [4.78, 5) is 25.5. The number of rotatable bonds is 7. The van der Waals surface area contributed by atoms with Crippen molar-refractivity contribution < 1.29 is 19.1 Å². The molecule has 4 N–H and O–H groups in total. The third kappa shape index (κ3) is 5.85. The van der Waals surface area contributed by atoms with Crippen molar-refractivity contribution in [2.45, 2.75) is 57.7 Å². The quantitative estimate of drug-likeness (QED) is 0.673. The van der Waals surface area contributed by atoms with Gasteiger partial charge in [-0.25, -0.2) is 0 Å². The lowest BCUT2D eigenvalue weighted by Gasteiger charge is -2.29. The number of carbonyl (C=O) groups excluding carboxylic acids is 2. The van der Waals surface area contributed by atoms with Crippen LogP contribution >= 0.6 is 0 Å². The molecule has 0 saturated heterocycles. The first-order valence-electron chi connectivity index (χ1n) is 9.44. The van der Waals surface area contributed by atoms with E-state index in [1.54, 1.807) is 18.2 Å². The molecule has 1 fully saturated rings. The molecule has 1 aromatic rings. The van der Waals surface area contributed by atoms with Crippen LogP contribution in [0.15, 0.2) is 18.2 Å². The predicted molar refractivity (Wildman–Crippen MR) is 104 cm³/mol. The van der Waals surface area contributed by atoms with E-state index >= 15 is 0 Å². The Morgan fingerprint density at radius 1 is 1.04 bits per heavy atom. The van der Waals surface area contributed by atoms with Gasteiger partial charge in [0.2, 0.25) is 5.91 Å². The van der Waals surface area contributed by atoms with Crippen LogP contribution in [0.1, 0.15) is 49.9 Å². The van der Waals surface area contributed by atoms with Crippen LogP contribution in [0.4, 0.5) is 0 Å². The zero-order valence-electron chi connectivity index (χ0n) is 16.6. The molecule has 1 aliphatic carbocycles. The van der Waals surface area contributed by atoms with E-state index in [1.807, 2.05) is 13.8 Å². The molecular formula is C20H31N3O4. The topological polar surface area (TPSA) is 103 Å². The molecule has 0 aromatic heterocycles. The van der Waals surface area contributed by atoms with Crippen LogP contribution in [-0.4, -0.2) is 44.2 Å². The van der Waals surface area contributed by atoms with E-state index < -0.39 is 6.04 Å². The van der Waals surface area contributed by atoms with Crippen molar-refractivity contribution in [3.8, 4) is 11.5 Å². The summed E-state index contributed by atoms with van der Waals surface area (Å²) in [5, 5.41) is 5.91. The third-order valence-corrected chi connectivity index (χ3v) is 4.97. The van der Waals surface area contributed by atoms with Gasteiger partial charge in [-0.3, -0.25) is 9.59 Å². The molecular weight excluding hydrogens is 346 g/mol. The Kier molecular flexibility index (Phi) is 7.47. The summed E-state index contributed by atoms with van der Waals surface area (Å²) >= 11 is 0. The van der Waals surface area contributed by atoms with Crippen molar-refractivity contribution in [1.29, 1.82) is 0 Å². The second-order valence-electron chi connectivity index (χ2n) is 7.42. The normalized spacial score (nSPS) is 20.7. The molecule has 1 unspecified atom stereocenters. The van der Waals surface area contributed by atoms with Crippen LogP contribution in [0.3, 0.4) is 0 Å². The van der Waals surface area contributed by atoms with Gasteiger partial charge in [-0.2, -0.15) is 0 Å². The van der Waals surface area contributed by atoms with E-state index in [-0.39, 0.29) is 29.8 Å². The van der Waals surface area contributed by atoms with Gasteiger partial charge in [0, 0.05) is 23.7 Å². The van der Waals surface area contributed by atoms with E-state index in [9.17, 15) is 9.59 Å². The molecule has 1 saturated carbocycles. The molecule has 0 radical (unpaired) electrons. The fourth-order valence-corrected chi connectivity index (χ4v) is 3.25. The van der Waals surface area contributed by atoms with E-state index in [1.165, 1.54) is 14.2 Å². The van der Waals surface area contributed by atoms with Gasteiger partial charge in [0.1, 0.15) is 17.5 Å². The van der Waals surface area contributed by atoms with Crippen LogP contribution in [0, 0.1) is 5.92 Å². The number of methoxy groups -OCH3 is 2. The highest BCUT2D eigenvalue weighted by molar-refractivity contribution is 5.98. The molecule has 1 atom stereocenters. The number of nitrogens with two attached hydrogens (primary N) is 1. The Morgan fingerprint density at radius 3 is 2.07 bits per heavy atom. The van der Waals surface area contributed by atoms with E-state index in [4.69, 9.17) is 15.2 Å². The van der Waals surface area contributed by atoms with Gasteiger partial charge in [-0.15, -0.1) is 0 Å². The van der Waals surface area contributed by atoms with Crippen LogP contribution < -0.4 is 25.8 Å². The minimum absolute atomic E-state index is 0.0488. The number of ether oxygens (including phenoxy) is 2. The highest BCUT2D eigenvalue weighted by Gasteiger charge is 2.28. The van der Waals surface area contributed by atoms with Crippen LogP contribution in [-0.2, 0) is 4.79 Å². The summed E-state index contributed by atoms with van der Waals surface area (Å²) in [5.74, 6) is 0.486. The summed E-state index contributed by atoms with van der Waals surface area (Å²) in [6, 6.07) is 4.65. The molecule has 2 amide bonds. The maximum atomic E-state index is 12.7. The summed E-state index contributed by atoms with van der Waals surface area (Å²) in [7, 11) is 3.05. The monoisotopic (exact) mass is 377 g/mol. The van der Waals surface area contributed by atoms with Gasteiger partial charge in [0.15, 0.2) is 0 Å². The SMILES string of the molecule is COc1cc(OC)cc(C(=O)NC(C(=O)NC2CCC(N)CC2)C(C)C)c1. The fraction of sp³-hybridized carbons (Fsp3) is 0.600.